The fourth-order valence-corrected chi connectivity index (χ4v) is 4.97. The Labute approximate surface area is 226 Å². The topological polar surface area (TPSA) is 56.5 Å². The maximum atomic E-state index is 13.3. The highest BCUT2D eigenvalue weighted by atomic mass is 79.9. The van der Waals surface area contributed by atoms with Crippen molar-refractivity contribution >= 4 is 60.6 Å². The van der Waals surface area contributed by atoms with Gasteiger partial charge in [0.2, 0.25) is 0 Å². The first-order valence-corrected chi connectivity index (χ1v) is 12.9. The SMILES string of the molecule is Cc1cccc(COc2c(Cl)cc(C=Nn3c(C(C)(C)C)nc4ccc(Br)cc4c3=O)cc2Br)c1. The molecule has 4 aromatic rings. The van der Waals surface area contributed by atoms with Gasteiger partial charge < -0.3 is 4.74 Å². The lowest BCUT2D eigenvalue weighted by Gasteiger charge is -2.21. The zero-order valence-corrected chi connectivity index (χ0v) is 23.7. The van der Waals surface area contributed by atoms with Gasteiger partial charge in [0.1, 0.15) is 12.4 Å². The minimum absolute atomic E-state index is 0.235. The zero-order chi connectivity index (χ0) is 25.3. The first-order valence-electron chi connectivity index (χ1n) is 11.0. The van der Waals surface area contributed by atoms with E-state index >= 15 is 0 Å². The van der Waals surface area contributed by atoms with Gasteiger partial charge in [0.15, 0.2) is 5.75 Å². The van der Waals surface area contributed by atoms with Crippen molar-refractivity contribution in [3.8, 4) is 5.75 Å². The molecule has 0 spiro atoms. The highest BCUT2D eigenvalue weighted by Crippen LogP contribution is 2.35. The summed E-state index contributed by atoms with van der Waals surface area (Å²) in [7, 11) is 0. The number of fused-ring (bicyclic) bond motifs is 1. The van der Waals surface area contributed by atoms with Crippen molar-refractivity contribution < 1.29 is 4.74 Å². The molecule has 0 aliphatic carbocycles. The highest BCUT2D eigenvalue weighted by molar-refractivity contribution is 9.10. The van der Waals surface area contributed by atoms with Crippen molar-refractivity contribution in [3.63, 3.8) is 0 Å². The van der Waals surface area contributed by atoms with E-state index in [2.05, 4.69) is 43.0 Å². The predicted molar refractivity (Wildman–Crippen MR) is 150 cm³/mol. The van der Waals surface area contributed by atoms with Crippen LogP contribution in [-0.4, -0.2) is 15.9 Å². The zero-order valence-electron chi connectivity index (χ0n) is 19.8. The van der Waals surface area contributed by atoms with Crippen molar-refractivity contribution in [2.75, 3.05) is 0 Å². The third-order valence-corrected chi connectivity index (χ3v) is 6.65. The highest BCUT2D eigenvalue weighted by Gasteiger charge is 2.23. The second kappa shape index (κ2) is 10.2. The Kier molecular flexibility index (Phi) is 7.50. The quantitative estimate of drug-likeness (QED) is 0.216. The Bertz CT molecular complexity index is 1480. The Balaban J connectivity index is 1.68. The summed E-state index contributed by atoms with van der Waals surface area (Å²) in [5.41, 5.74) is 2.94. The van der Waals surface area contributed by atoms with E-state index in [0.29, 0.717) is 44.1 Å². The van der Waals surface area contributed by atoms with E-state index in [1.54, 1.807) is 18.3 Å². The van der Waals surface area contributed by atoms with Gasteiger partial charge in [-0.15, -0.1) is 0 Å². The van der Waals surface area contributed by atoms with E-state index in [1.807, 2.05) is 64.1 Å². The normalized spacial score (nSPS) is 12.0. The lowest BCUT2D eigenvalue weighted by atomic mass is 9.95. The van der Waals surface area contributed by atoms with Crippen LogP contribution >= 0.6 is 43.5 Å². The van der Waals surface area contributed by atoms with Crippen molar-refractivity contribution in [1.82, 2.24) is 9.66 Å². The molecule has 180 valence electrons. The average Bonchev–Trinajstić information content (AvgIpc) is 2.77. The molecule has 1 aromatic heterocycles. The molecule has 0 amide bonds. The fourth-order valence-electron chi connectivity index (χ4n) is 3.62. The first-order chi connectivity index (χ1) is 16.5. The molecule has 0 bridgehead atoms. The predicted octanol–water partition coefficient (Wildman–Crippen LogP) is 7.64. The van der Waals surface area contributed by atoms with Gasteiger partial charge in [-0.25, -0.2) is 4.98 Å². The van der Waals surface area contributed by atoms with E-state index in [0.717, 1.165) is 10.0 Å². The van der Waals surface area contributed by atoms with Crippen molar-refractivity contribution in [3.05, 3.63) is 101 Å². The van der Waals surface area contributed by atoms with Crippen molar-refractivity contribution in [2.45, 2.75) is 39.7 Å². The third-order valence-electron chi connectivity index (χ3n) is 5.29. The first kappa shape index (κ1) is 25.6. The molecule has 0 radical (unpaired) electrons. The second-order valence-electron chi connectivity index (χ2n) is 9.30. The number of aryl methyl sites for hydroxylation is 1. The summed E-state index contributed by atoms with van der Waals surface area (Å²) in [6, 6.07) is 17.2. The van der Waals surface area contributed by atoms with Crippen molar-refractivity contribution in [2.24, 2.45) is 5.10 Å². The van der Waals surface area contributed by atoms with Gasteiger partial charge in [0.05, 0.1) is 26.6 Å². The van der Waals surface area contributed by atoms with Crippen LogP contribution in [0.5, 0.6) is 5.75 Å². The number of ether oxygens (including phenoxy) is 1. The molecule has 35 heavy (non-hydrogen) atoms. The summed E-state index contributed by atoms with van der Waals surface area (Å²) >= 11 is 13.5. The van der Waals surface area contributed by atoms with Crippen LogP contribution < -0.4 is 10.3 Å². The molecular formula is C27H24Br2ClN3O2. The van der Waals surface area contributed by atoms with Gasteiger partial charge in [-0.3, -0.25) is 4.79 Å². The Morgan fingerprint density at radius 3 is 2.57 bits per heavy atom. The molecule has 3 aromatic carbocycles. The summed E-state index contributed by atoms with van der Waals surface area (Å²) < 4.78 is 8.84. The number of benzene rings is 3. The summed E-state index contributed by atoms with van der Waals surface area (Å²) in [5, 5.41) is 5.45. The standard InChI is InChI=1S/C27H24Br2ClN3O2/c1-16-6-5-7-17(10-16)15-35-24-21(29)11-18(12-22(24)30)14-31-33-25(34)20-13-19(28)8-9-23(20)32-26(33)27(2,3)4/h5-14H,15H2,1-4H3. The lowest BCUT2D eigenvalue weighted by molar-refractivity contribution is 0.304. The molecule has 0 unspecified atom stereocenters. The van der Waals surface area contributed by atoms with Crippen LogP contribution in [0, 0.1) is 6.92 Å². The molecule has 5 nitrogen and oxygen atoms in total. The Morgan fingerprint density at radius 2 is 1.89 bits per heavy atom. The maximum Gasteiger partial charge on any atom is 0.282 e. The minimum Gasteiger partial charge on any atom is -0.486 e. The molecule has 0 atom stereocenters. The van der Waals surface area contributed by atoms with E-state index in [-0.39, 0.29) is 5.56 Å². The largest absolute Gasteiger partial charge is 0.486 e. The van der Waals surface area contributed by atoms with Crippen LogP contribution in [0.2, 0.25) is 5.02 Å². The molecule has 0 fully saturated rings. The molecular weight excluding hydrogens is 594 g/mol. The van der Waals surface area contributed by atoms with Crippen LogP contribution in [0.25, 0.3) is 10.9 Å². The summed E-state index contributed by atoms with van der Waals surface area (Å²) in [4.78, 5) is 18.1. The van der Waals surface area contributed by atoms with Gasteiger partial charge in [0.25, 0.3) is 5.56 Å². The van der Waals surface area contributed by atoms with Crippen LogP contribution in [0.15, 0.2) is 73.4 Å². The van der Waals surface area contributed by atoms with Crippen LogP contribution in [0.1, 0.15) is 43.3 Å². The number of aromatic nitrogens is 2. The number of halogens is 3. The summed E-state index contributed by atoms with van der Waals surface area (Å²) in [6.07, 6.45) is 1.60. The van der Waals surface area contributed by atoms with Crippen molar-refractivity contribution in [1.29, 1.82) is 0 Å². The smallest absolute Gasteiger partial charge is 0.282 e. The summed E-state index contributed by atoms with van der Waals surface area (Å²) in [5.74, 6) is 1.12. The number of rotatable bonds is 5. The van der Waals surface area contributed by atoms with E-state index in [9.17, 15) is 4.79 Å². The van der Waals surface area contributed by atoms with Gasteiger partial charge in [-0.1, -0.05) is 78.1 Å². The average molecular weight is 618 g/mol. The maximum absolute atomic E-state index is 13.3. The summed E-state index contributed by atoms with van der Waals surface area (Å²) in [6.45, 7) is 8.44. The van der Waals surface area contributed by atoms with Gasteiger partial charge >= 0.3 is 0 Å². The molecule has 0 aliphatic heterocycles. The van der Waals surface area contributed by atoms with Crippen LogP contribution in [0.3, 0.4) is 0 Å². The van der Waals surface area contributed by atoms with Crippen LogP contribution in [-0.2, 0) is 12.0 Å². The Hall–Kier alpha value is -2.48. The number of hydrogen-bond donors (Lipinski definition) is 0. The lowest BCUT2D eigenvalue weighted by Crippen LogP contribution is -2.29. The van der Waals surface area contributed by atoms with Gasteiger partial charge in [-0.2, -0.15) is 9.78 Å². The van der Waals surface area contributed by atoms with Crippen LogP contribution in [0.4, 0.5) is 0 Å². The monoisotopic (exact) mass is 615 g/mol. The van der Waals surface area contributed by atoms with Gasteiger partial charge in [0, 0.05) is 9.89 Å². The molecule has 0 saturated carbocycles. The molecule has 8 heteroatoms. The molecule has 0 aliphatic rings. The number of hydrogen-bond acceptors (Lipinski definition) is 4. The third kappa shape index (κ3) is 5.85. The molecule has 0 saturated heterocycles. The molecule has 1 heterocycles. The fraction of sp³-hybridized carbons (Fsp3) is 0.222. The van der Waals surface area contributed by atoms with Gasteiger partial charge in [-0.05, 0) is 64.3 Å². The minimum atomic E-state index is -0.399. The Morgan fingerprint density at radius 1 is 1.11 bits per heavy atom. The van der Waals surface area contributed by atoms with E-state index in [4.69, 9.17) is 21.3 Å². The second-order valence-corrected chi connectivity index (χ2v) is 11.5. The molecule has 4 rings (SSSR count). The van der Waals surface area contributed by atoms with E-state index < -0.39 is 5.41 Å². The van der Waals surface area contributed by atoms with E-state index in [1.165, 1.54) is 10.2 Å². The molecule has 0 N–H and O–H groups in total. The number of nitrogens with zero attached hydrogens (tertiary/aromatic N) is 3.